The topological polar surface area (TPSA) is 73.8 Å². The molecule has 1 aromatic heterocycles. The van der Waals surface area contributed by atoms with E-state index in [4.69, 9.17) is 0 Å². The zero-order valence-corrected chi connectivity index (χ0v) is 13.7. The molecule has 0 saturated carbocycles. The minimum atomic E-state index is -0.741. The lowest BCUT2D eigenvalue weighted by molar-refractivity contribution is -0.685. The van der Waals surface area contributed by atoms with Gasteiger partial charge in [0.15, 0.2) is 12.4 Å². The van der Waals surface area contributed by atoms with Gasteiger partial charge in [-0.2, -0.15) is 9.47 Å². The number of likely N-dealkylation sites (N-methyl/N-ethyl adjacent to an activating group) is 1. The van der Waals surface area contributed by atoms with Crippen molar-refractivity contribution in [3.8, 4) is 5.75 Å². The van der Waals surface area contributed by atoms with Gasteiger partial charge in [-0.15, -0.1) is 0 Å². The van der Waals surface area contributed by atoms with Crippen molar-refractivity contribution in [2.24, 2.45) is 5.18 Å². The minimum Gasteiger partial charge on any atom is -0.508 e. The normalized spacial score (nSPS) is 18.9. The number of amides is 1. The Hall–Kier alpha value is -2.76. The Morgan fingerprint density at radius 2 is 2.04 bits per heavy atom. The number of phenols is 1. The summed E-state index contributed by atoms with van der Waals surface area (Å²) in [6.45, 7) is 2.13. The Morgan fingerprint density at radius 1 is 1.33 bits per heavy atom. The number of nitrogens with zero attached hydrogens (tertiary/aromatic N) is 3. The smallest absolute Gasteiger partial charge is 0.288 e. The van der Waals surface area contributed by atoms with Crippen LogP contribution in [0, 0.1) is 11.8 Å². The summed E-state index contributed by atoms with van der Waals surface area (Å²) in [5.41, 5.74) is 2.47. The zero-order valence-electron chi connectivity index (χ0n) is 13.7. The number of pyridine rings is 1. The van der Waals surface area contributed by atoms with Gasteiger partial charge in [-0.25, -0.2) is 0 Å². The number of nitroso groups, excluding NO2 is 1. The first-order valence-electron chi connectivity index (χ1n) is 7.86. The van der Waals surface area contributed by atoms with Crippen LogP contribution in [0.2, 0.25) is 0 Å². The van der Waals surface area contributed by atoms with Crippen LogP contribution in [0.5, 0.6) is 5.75 Å². The van der Waals surface area contributed by atoms with Gasteiger partial charge in [0.05, 0.1) is 6.04 Å². The van der Waals surface area contributed by atoms with Crippen LogP contribution in [0.1, 0.15) is 22.7 Å². The molecule has 6 nitrogen and oxygen atoms in total. The van der Waals surface area contributed by atoms with Crippen LogP contribution in [-0.2, 0) is 17.8 Å². The lowest BCUT2D eigenvalue weighted by Crippen LogP contribution is -2.47. The third-order valence-corrected chi connectivity index (χ3v) is 4.74. The van der Waals surface area contributed by atoms with E-state index in [0.29, 0.717) is 12.0 Å². The van der Waals surface area contributed by atoms with Crippen LogP contribution in [0.4, 0.5) is 0 Å². The molecular weight excluding hydrogens is 306 g/mol. The van der Waals surface area contributed by atoms with Gasteiger partial charge in [0.25, 0.3) is 5.91 Å². The van der Waals surface area contributed by atoms with Crippen LogP contribution in [0.15, 0.2) is 47.9 Å². The average Bonchev–Trinajstić information content (AvgIpc) is 2.99. The van der Waals surface area contributed by atoms with E-state index in [1.165, 1.54) is 0 Å². The number of aromatic hydroxyl groups is 1. The molecule has 1 N–H and O–H groups in total. The van der Waals surface area contributed by atoms with E-state index in [2.05, 4.69) is 5.18 Å². The van der Waals surface area contributed by atoms with E-state index >= 15 is 0 Å². The highest BCUT2D eigenvalue weighted by molar-refractivity contribution is 5.75. The van der Waals surface area contributed by atoms with E-state index in [1.54, 1.807) is 22.6 Å². The van der Waals surface area contributed by atoms with Gasteiger partial charge in [-0.3, -0.25) is 4.79 Å². The van der Waals surface area contributed by atoms with Gasteiger partial charge in [0.2, 0.25) is 6.54 Å². The average molecular weight is 326 g/mol. The molecule has 1 heterocycles. The molecule has 0 aliphatic heterocycles. The Bertz CT molecular complexity index is 777. The maximum absolute atomic E-state index is 12.6. The van der Waals surface area contributed by atoms with Gasteiger partial charge in [-0.1, -0.05) is 17.3 Å². The molecule has 1 aliphatic rings. The second kappa shape index (κ2) is 6.39. The molecule has 124 valence electrons. The Morgan fingerprint density at radius 3 is 2.71 bits per heavy atom. The number of fused-ring (bicyclic) bond motifs is 1. The standard InChI is InChI=1S/C18H19N3O3/c1-12-6-7-15(22)17-13(12)10-14(18(17)19-24)20(2)16(23)11-21-8-4-3-5-9-21/h3-9,14,18H,10-11H2,1-2H3/p+1. The summed E-state index contributed by atoms with van der Waals surface area (Å²) in [4.78, 5) is 25.6. The van der Waals surface area contributed by atoms with Crippen molar-refractivity contribution in [1.29, 1.82) is 0 Å². The first-order chi connectivity index (χ1) is 11.5. The molecule has 1 amide bonds. The van der Waals surface area contributed by atoms with E-state index < -0.39 is 6.04 Å². The number of aromatic nitrogens is 1. The Kier molecular flexibility index (Phi) is 4.29. The summed E-state index contributed by atoms with van der Waals surface area (Å²) in [5, 5.41) is 13.3. The van der Waals surface area contributed by atoms with Crippen molar-refractivity contribution in [3.63, 3.8) is 0 Å². The fourth-order valence-corrected chi connectivity index (χ4v) is 3.34. The molecule has 2 unspecified atom stereocenters. The van der Waals surface area contributed by atoms with E-state index in [-0.39, 0.29) is 24.2 Å². The second-order valence-corrected chi connectivity index (χ2v) is 6.17. The molecule has 0 spiro atoms. The lowest BCUT2D eigenvalue weighted by atomic mass is 10.0. The third kappa shape index (κ3) is 2.75. The maximum Gasteiger partial charge on any atom is 0.288 e. The number of phenolic OH excluding ortho intramolecular Hbond substituents is 1. The summed E-state index contributed by atoms with van der Waals surface area (Å²) in [5.74, 6) is -0.0317. The second-order valence-electron chi connectivity index (χ2n) is 6.17. The molecule has 1 aliphatic carbocycles. The summed E-state index contributed by atoms with van der Waals surface area (Å²) in [6.07, 6.45) is 4.16. The van der Waals surface area contributed by atoms with Gasteiger partial charge in [0, 0.05) is 24.7 Å². The number of rotatable bonds is 4. The van der Waals surface area contributed by atoms with Gasteiger partial charge in [-0.05, 0) is 30.5 Å². The van der Waals surface area contributed by atoms with Crippen molar-refractivity contribution in [2.75, 3.05) is 7.05 Å². The SMILES string of the molecule is Cc1ccc(O)c2c1CC(N(C)C(=O)C[n+]1ccccc1)C2N=O. The summed E-state index contributed by atoms with van der Waals surface area (Å²) >= 11 is 0. The molecule has 1 aromatic carbocycles. The predicted molar refractivity (Wildman–Crippen MR) is 88.3 cm³/mol. The quantitative estimate of drug-likeness (QED) is 0.688. The summed E-state index contributed by atoms with van der Waals surface area (Å²) < 4.78 is 1.78. The minimum absolute atomic E-state index is 0.0704. The number of benzene rings is 1. The lowest BCUT2D eigenvalue weighted by Gasteiger charge is -2.25. The van der Waals surface area contributed by atoms with E-state index in [9.17, 15) is 14.8 Å². The van der Waals surface area contributed by atoms with Crippen molar-refractivity contribution in [1.82, 2.24) is 4.90 Å². The van der Waals surface area contributed by atoms with Crippen LogP contribution in [-0.4, -0.2) is 29.0 Å². The van der Waals surface area contributed by atoms with Gasteiger partial charge >= 0.3 is 0 Å². The number of hydrogen-bond donors (Lipinski definition) is 1. The fourth-order valence-electron chi connectivity index (χ4n) is 3.34. The van der Waals surface area contributed by atoms with Crippen molar-refractivity contribution >= 4 is 5.91 Å². The number of carbonyl (C=O) groups is 1. The van der Waals surface area contributed by atoms with Crippen molar-refractivity contribution < 1.29 is 14.5 Å². The zero-order chi connectivity index (χ0) is 17.3. The fraction of sp³-hybridized carbons (Fsp3) is 0.333. The van der Waals surface area contributed by atoms with E-state index in [0.717, 1.165) is 11.1 Å². The molecule has 3 rings (SSSR count). The number of carbonyl (C=O) groups excluding carboxylic acids is 1. The van der Waals surface area contributed by atoms with Crippen LogP contribution >= 0.6 is 0 Å². The largest absolute Gasteiger partial charge is 0.508 e. The van der Waals surface area contributed by atoms with Crippen molar-refractivity contribution in [3.05, 3.63) is 64.3 Å². The molecule has 0 fully saturated rings. The van der Waals surface area contributed by atoms with Crippen molar-refractivity contribution in [2.45, 2.75) is 32.0 Å². The highest BCUT2D eigenvalue weighted by Crippen LogP contribution is 2.43. The molecule has 24 heavy (non-hydrogen) atoms. The number of aryl methyl sites for hydroxylation is 1. The third-order valence-electron chi connectivity index (χ3n) is 4.74. The molecule has 0 saturated heterocycles. The number of hydrogen-bond acceptors (Lipinski definition) is 4. The molecule has 6 heteroatoms. The monoisotopic (exact) mass is 326 g/mol. The van der Waals surface area contributed by atoms with Crippen LogP contribution in [0.3, 0.4) is 0 Å². The summed E-state index contributed by atoms with van der Waals surface area (Å²) in [7, 11) is 1.69. The predicted octanol–water partition coefficient (Wildman–Crippen LogP) is 1.88. The molecule has 0 radical (unpaired) electrons. The molecular formula is C18H20N3O3+. The molecule has 2 atom stereocenters. The molecule has 0 bridgehead atoms. The molecule has 2 aromatic rings. The first-order valence-corrected chi connectivity index (χ1v) is 7.86. The Balaban J connectivity index is 1.84. The first kappa shape index (κ1) is 16.1. The van der Waals surface area contributed by atoms with Gasteiger partial charge < -0.3 is 10.0 Å². The van der Waals surface area contributed by atoms with Crippen LogP contribution < -0.4 is 4.57 Å². The van der Waals surface area contributed by atoms with Crippen LogP contribution in [0.25, 0.3) is 0 Å². The summed E-state index contributed by atoms with van der Waals surface area (Å²) in [6, 6.07) is 7.88. The highest BCUT2D eigenvalue weighted by atomic mass is 16.3. The maximum atomic E-state index is 12.6. The highest BCUT2D eigenvalue weighted by Gasteiger charge is 2.41. The van der Waals surface area contributed by atoms with E-state index in [1.807, 2.05) is 43.6 Å². The van der Waals surface area contributed by atoms with Gasteiger partial charge in [0.1, 0.15) is 11.8 Å². The Labute approximate surface area is 140 Å².